The summed E-state index contributed by atoms with van der Waals surface area (Å²) in [4.78, 5) is 0. The van der Waals surface area contributed by atoms with E-state index in [1.54, 1.807) is 6.20 Å². The minimum absolute atomic E-state index is 0.402. The lowest BCUT2D eigenvalue weighted by atomic mass is 10.1. The number of nitrogens with zero attached hydrogens (tertiary/aromatic N) is 2. The summed E-state index contributed by atoms with van der Waals surface area (Å²) in [5.41, 5.74) is 3.41. The van der Waals surface area contributed by atoms with Gasteiger partial charge in [-0.3, -0.25) is 4.68 Å². The number of rotatable bonds is 4. The zero-order valence-electron chi connectivity index (χ0n) is 10.3. The Morgan fingerprint density at radius 3 is 2.82 bits per heavy atom. The Kier molecular flexibility index (Phi) is 3.59. The molecule has 90 valence electrons. The molecule has 0 aliphatic rings. The van der Waals surface area contributed by atoms with Crippen LogP contribution in [0.15, 0.2) is 36.7 Å². The van der Waals surface area contributed by atoms with Gasteiger partial charge in [0.1, 0.15) is 0 Å². The lowest BCUT2D eigenvalue weighted by Gasteiger charge is -2.06. The summed E-state index contributed by atoms with van der Waals surface area (Å²) >= 11 is 0. The first-order chi connectivity index (χ1) is 8.20. The van der Waals surface area contributed by atoms with E-state index in [0.29, 0.717) is 0 Å². The molecule has 0 radical (unpaired) electrons. The van der Waals surface area contributed by atoms with Gasteiger partial charge in [0.2, 0.25) is 0 Å². The quantitative estimate of drug-likeness (QED) is 0.877. The Balaban J connectivity index is 2.14. The van der Waals surface area contributed by atoms with Gasteiger partial charge in [-0.05, 0) is 24.5 Å². The van der Waals surface area contributed by atoms with Crippen molar-refractivity contribution in [1.29, 1.82) is 0 Å². The first kappa shape index (κ1) is 11.9. The molecule has 1 unspecified atom stereocenters. The SMILES string of the molecule is CCC(O)c1cnn(Cc2ccccc2C)c1. The van der Waals surface area contributed by atoms with Crippen molar-refractivity contribution in [3.63, 3.8) is 0 Å². The number of hydrogen-bond acceptors (Lipinski definition) is 2. The van der Waals surface area contributed by atoms with Gasteiger partial charge >= 0.3 is 0 Å². The van der Waals surface area contributed by atoms with E-state index in [2.05, 4.69) is 24.2 Å². The van der Waals surface area contributed by atoms with Gasteiger partial charge in [0, 0.05) is 11.8 Å². The molecule has 0 saturated carbocycles. The van der Waals surface area contributed by atoms with Crippen LogP contribution in [-0.4, -0.2) is 14.9 Å². The third-order valence-corrected chi connectivity index (χ3v) is 3.02. The fourth-order valence-electron chi connectivity index (χ4n) is 1.84. The maximum Gasteiger partial charge on any atom is 0.0817 e. The highest BCUT2D eigenvalue weighted by atomic mass is 16.3. The summed E-state index contributed by atoms with van der Waals surface area (Å²) in [7, 11) is 0. The summed E-state index contributed by atoms with van der Waals surface area (Å²) < 4.78 is 1.87. The molecule has 1 aromatic heterocycles. The molecule has 0 amide bonds. The van der Waals surface area contributed by atoms with Crippen LogP contribution in [0, 0.1) is 6.92 Å². The van der Waals surface area contributed by atoms with E-state index in [0.717, 1.165) is 18.5 Å². The molecular formula is C14H18N2O. The predicted molar refractivity (Wildman–Crippen MR) is 67.8 cm³/mol. The molecule has 3 heteroatoms. The maximum atomic E-state index is 9.71. The molecule has 0 spiro atoms. The standard InChI is InChI=1S/C14H18N2O/c1-3-14(17)13-8-15-16(10-13)9-12-7-5-4-6-11(12)2/h4-8,10,14,17H,3,9H2,1-2H3. The van der Waals surface area contributed by atoms with Crippen molar-refractivity contribution < 1.29 is 5.11 Å². The molecule has 1 N–H and O–H groups in total. The minimum Gasteiger partial charge on any atom is -0.388 e. The summed E-state index contributed by atoms with van der Waals surface area (Å²) in [6.45, 7) is 4.81. The third-order valence-electron chi connectivity index (χ3n) is 3.02. The monoisotopic (exact) mass is 230 g/mol. The Morgan fingerprint density at radius 2 is 2.12 bits per heavy atom. The van der Waals surface area contributed by atoms with E-state index < -0.39 is 6.10 Å². The molecular weight excluding hydrogens is 212 g/mol. The molecule has 0 aliphatic heterocycles. The minimum atomic E-state index is -0.402. The van der Waals surface area contributed by atoms with Crippen molar-refractivity contribution >= 4 is 0 Å². The summed E-state index contributed by atoms with van der Waals surface area (Å²) in [5.74, 6) is 0. The van der Waals surface area contributed by atoms with Gasteiger partial charge in [0.25, 0.3) is 0 Å². The molecule has 0 saturated heterocycles. The van der Waals surface area contributed by atoms with Crippen LogP contribution >= 0.6 is 0 Å². The van der Waals surface area contributed by atoms with E-state index >= 15 is 0 Å². The highest BCUT2D eigenvalue weighted by Gasteiger charge is 2.08. The van der Waals surface area contributed by atoms with E-state index in [4.69, 9.17) is 0 Å². The van der Waals surface area contributed by atoms with Crippen LogP contribution in [0.1, 0.15) is 36.1 Å². The van der Waals surface area contributed by atoms with Gasteiger partial charge in [-0.25, -0.2) is 0 Å². The van der Waals surface area contributed by atoms with Crippen LogP contribution in [-0.2, 0) is 6.54 Å². The first-order valence-corrected chi connectivity index (χ1v) is 5.95. The lowest BCUT2D eigenvalue weighted by molar-refractivity contribution is 0.173. The summed E-state index contributed by atoms with van der Waals surface area (Å²) in [5, 5.41) is 14.0. The first-order valence-electron chi connectivity index (χ1n) is 5.95. The number of aryl methyl sites for hydroxylation is 1. The second-order valence-corrected chi connectivity index (χ2v) is 4.32. The Bertz CT molecular complexity index is 490. The van der Waals surface area contributed by atoms with E-state index in [-0.39, 0.29) is 0 Å². The molecule has 0 aliphatic carbocycles. The van der Waals surface area contributed by atoms with Crippen LogP contribution in [0.2, 0.25) is 0 Å². The summed E-state index contributed by atoms with van der Waals surface area (Å²) in [6, 6.07) is 8.27. The number of benzene rings is 1. The third kappa shape index (κ3) is 2.74. The van der Waals surface area contributed by atoms with Gasteiger partial charge in [0.05, 0.1) is 18.8 Å². The van der Waals surface area contributed by atoms with E-state index in [1.165, 1.54) is 11.1 Å². The molecule has 0 bridgehead atoms. The van der Waals surface area contributed by atoms with Crippen LogP contribution in [0.5, 0.6) is 0 Å². The largest absolute Gasteiger partial charge is 0.388 e. The topological polar surface area (TPSA) is 38.1 Å². The van der Waals surface area contributed by atoms with Gasteiger partial charge in [-0.1, -0.05) is 31.2 Å². The van der Waals surface area contributed by atoms with Gasteiger partial charge < -0.3 is 5.11 Å². The zero-order valence-corrected chi connectivity index (χ0v) is 10.3. The predicted octanol–water partition coefficient (Wildman–Crippen LogP) is 2.68. The molecule has 2 rings (SSSR count). The number of hydrogen-bond donors (Lipinski definition) is 1. The van der Waals surface area contributed by atoms with Crippen molar-refractivity contribution in [3.05, 3.63) is 53.3 Å². The number of aromatic nitrogens is 2. The normalized spacial score (nSPS) is 12.6. The van der Waals surface area contributed by atoms with Crippen molar-refractivity contribution in [2.24, 2.45) is 0 Å². The second kappa shape index (κ2) is 5.15. The van der Waals surface area contributed by atoms with Crippen LogP contribution in [0.25, 0.3) is 0 Å². The van der Waals surface area contributed by atoms with Crippen LogP contribution in [0.3, 0.4) is 0 Å². The van der Waals surface area contributed by atoms with Gasteiger partial charge in [-0.2, -0.15) is 5.10 Å². The molecule has 2 aromatic rings. The molecule has 3 nitrogen and oxygen atoms in total. The Labute approximate surface area is 102 Å². The zero-order chi connectivity index (χ0) is 12.3. The fourth-order valence-corrected chi connectivity index (χ4v) is 1.84. The lowest BCUT2D eigenvalue weighted by Crippen LogP contribution is -2.01. The van der Waals surface area contributed by atoms with Gasteiger partial charge in [0.15, 0.2) is 0 Å². The molecule has 17 heavy (non-hydrogen) atoms. The average Bonchev–Trinajstić information content (AvgIpc) is 2.80. The molecule has 0 fully saturated rings. The Morgan fingerprint density at radius 1 is 1.35 bits per heavy atom. The van der Waals surface area contributed by atoms with Crippen molar-refractivity contribution in [2.45, 2.75) is 32.9 Å². The highest BCUT2D eigenvalue weighted by molar-refractivity contribution is 5.25. The fraction of sp³-hybridized carbons (Fsp3) is 0.357. The van der Waals surface area contributed by atoms with E-state index in [9.17, 15) is 5.11 Å². The van der Waals surface area contributed by atoms with Crippen molar-refractivity contribution in [3.8, 4) is 0 Å². The van der Waals surface area contributed by atoms with Crippen LogP contribution < -0.4 is 0 Å². The molecule has 1 atom stereocenters. The maximum absolute atomic E-state index is 9.71. The summed E-state index contributed by atoms with van der Waals surface area (Å²) in [6.07, 6.45) is 3.98. The highest BCUT2D eigenvalue weighted by Crippen LogP contribution is 2.16. The second-order valence-electron chi connectivity index (χ2n) is 4.32. The number of aliphatic hydroxyl groups is 1. The molecule has 1 heterocycles. The van der Waals surface area contributed by atoms with Crippen LogP contribution in [0.4, 0.5) is 0 Å². The average molecular weight is 230 g/mol. The van der Waals surface area contributed by atoms with Crippen molar-refractivity contribution in [2.75, 3.05) is 0 Å². The molecule has 1 aromatic carbocycles. The van der Waals surface area contributed by atoms with Gasteiger partial charge in [-0.15, -0.1) is 0 Å². The Hall–Kier alpha value is -1.61. The number of aliphatic hydroxyl groups excluding tert-OH is 1. The van der Waals surface area contributed by atoms with E-state index in [1.807, 2.05) is 29.9 Å². The van der Waals surface area contributed by atoms with Crippen molar-refractivity contribution in [1.82, 2.24) is 9.78 Å². The smallest absolute Gasteiger partial charge is 0.0817 e.